The summed E-state index contributed by atoms with van der Waals surface area (Å²) in [7, 11) is 0. The molecule has 1 fully saturated rings. The van der Waals surface area contributed by atoms with E-state index in [9.17, 15) is 0 Å². The van der Waals surface area contributed by atoms with Gasteiger partial charge in [0.1, 0.15) is 12.4 Å². The minimum atomic E-state index is 0.467. The summed E-state index contributed by atoms with van der Waals surface area (Å²) in [5.41, 5.74) is 5.79. The molecular formula is C26H24N2O. The Labute approximate surface area is 171 Å². The molecule has 3 heteroatoms. The molecule has 1 aliphatic rings. The van der Waals surface area contributed by atoms with E-state index in [1.54, 1.807) is 0 Å². The number of aromatic nitrogens is 1. The Hall–Kier alpha value is -3.33. The lowest BCUT2D eigenvalue weighted by Crippen LogP contribution is -2.18. The number of rotatable bonds is 5. The molecular weight excluding hydrogens is 356 g/mol. The number of para-hydroxylation sites is 2. The van der Waals surface area contributed by atoms with E-state index in [1.165, 1.54) is 29.7 Å². The molecule has 0 spiro atoms. The van der Waals surface area contributed by atoms with Crippen molar-refractivity contribution in [2.24, 2.45) is 0 Å². The number of benzene rings is 3. The summed E-state index contributed by atoms with van der Waals surface area (Å²) in [5, 5.41) is 1.15. The summed E-state index contributed by atoms with van der Waals surface area (Å²) in [5.74, 6) is 0.863. The Balaban J connectivity index is 1.31. The first-order valence-electron chi connectivity index (χ1n) is 10.3. The molecule has 0 saturated carbocycles. The van der Waals surface area contributed by atoms with E-state index in [0.29, 0.717) is 6.61 Å². The van der Waals surface area contributed by atoms with Gasteiger partial charge in [-0.1, -0.05) is 54.6 Å². The second-order valence-electron chi connectivity index (χ2n) is 7.52. The number of pyridine rings is 1. The number of hydrogen-bond donors (Lipinski definition) is 0. The van der Waals surface area contributed by atoms with Crippen LogP contribution >= 0.6 is 0 Å². The second-order valence-corrected chi connectivity index (χ2v) is 7.52. The number of ether oxygens (including phenoxy) is 1. The van der Waals surface area contributed by atoms with Gasteiger partial charge < -0.3 is 9.64 Å². The van der Waals surface area contributed by atoms with Gasteiger partial charge in [0, 0.05) is 29.7 Å². The molecule has 29 heavy (non-hydrogen) atoms. The number of fused-ring (bicyclic) bond motifs is 1. The molecule has 3 nitrogen and oxygen atoms in total. The minimum absolute atomic E-state index is 0.467. The van der Waals surface area contributed by atoms with Gasteiger partial charge >= 0.3 is 0 Å². The SMILES string of the molecule is c1ccc(N2CCCC2)c(-c2ccc(OCc3ccc4ccccc4n3)cc2)c1. The molecule has 144 valence electrons. The first kappa shape index (κ1) is 17.7. The predicted octanol–water partition coefficient (Wildman–Crippen LogP) is 6.08. The quantitative estimate of drug-likeness (QED) is 0.419. The van der Waals surface area contributed by atoms with Gasteiger partial charge in [-0.2, -0.15) is 0 Å². The zero-order chi connectivity index (χ0) is 19.5. The number of anilines is 1. The van der Waals surface area contributed by atoms with Crippen molar-refractivity contribution in [2.45, 2.75) is 19.4 Å². The normalized spacial score (nSPS) is 13.7. The largest absolute Gasteiger partial charge is 0.487 e. The van der Waals surface area contributed by atoms with Crippen molar-refractivity contribution in [3.63, 3.8) is 0 Å². The summed E-state index contributed by atoms with van der Waals surface area (Å²) in [6.07, 6.45) is 2.56. The van der Waals surface area contributed by atoms with Crippen LogP contribution in [0, 0.1) is 0 Å². The van der Waals surface area contributed by atoms with Crippen LogP contribution in [0.25, 0.3) is 22.0 Å². The monoisotopic (exact) mass is 380 g/mol. The van der Waals surface area contributed by atoms with Crippen molar-refractivity contribution >= 4 is 16.6 Å². The van der Waals surface area contributed by atoms with Crippen molar-refractivity contribution < 1.29 is 4.74 Å². The van der Waals surface area contributed by atoms with Gasteiger partial charge in [-0.25, -0.2) is 4.98 Å². The lowest BCUT2D eigenvalue weighted by atomic mass is 10.0. The van der Waals surface area contributed by atoms with Crippen molar-refractivity contribution in [3.8, 4) is 16.9 Å². The van der Waals surface area contributed by atoms with Crippen molar-refractivity contribution in [1.82, 2.24) is 4.98 Å². The molecule has 0 radical (unpaired) electrons. The predicted molar refractivity (Wildman–Crippen MR) is 119 cm³/mol. The maximum Gasteiger partial charge on any atom is 0.130 e. The molecule has 1 aliphatic heterocycles. The fourth-order valence-corrected chi connectivity index (χ4v) is 4.03. The molecule has 1 saturated heterocycles. The summed E-state index contributed by atoms with van der Waals surface area (Å²) >= 11 is 0. The van der Waals surface area contributed by atoms with Crippen LogP contribution in [0.1, 0.15) is 18.5 Å². The van der Waals surface area contributed by atoms with E-state index in [1.807, 2.05) is 24.3 Å². The Morgan fingerprint density at radius 3 is 2.38 bits per heavy atom. The van der Waals surface area contributed by atoms with Gasteiger partial charge in [0.05, 0.1) is 11.2 Å². The van der Waals surface area contributed by atoms with Crippen LogP contribution in [0.2, 0.25) is 0 Å². The van der Waals surface area contributed by atoms with E-state index in [-0.39, 0.29) is 0 Å². The van der Waals surface area contributed by atoms with Crippen LogP contribution in [0.4, 0.5) is 5.69 Å². The standard InChI is InChI=1S/C26H24N2O/c1-3-9-25-21(7-1)11-14-22(27-25)19-29-23-15-12-20(13-16-23)24-8-2-4-10-26(24)28-17-5-6-18-28/h1-4,7-16H,5-6,17-19H2. The van der Waals surface area contributed by atoms with Gasteiger partial charge in [0.25, 0.3) is 0 Å². The zero-order valence-electron chi connectivity index (χ0n) is 16.4. The molecule has 0 N–H and O–H groups in total. The average molecular weight is 380 g/mol. The Morgan fingerprint density at radius 2 is 1.52 bits per heavy atom. The van der Waals surface area contributed by atoms with Gasteiger partial charge in [0.2, 0.25) is 0 Å². The van der Waals surface area contributed by atoms with E-state index in [2.05, 4.69) is 70.5 Å². The fourth-order valence-electron chi connectivity index (χ4n) is 4.03. The third kappa shape index (κ3) is 3.81. The summed E-state index contributed by atoms with van der Waals surface area (Å²) in [4.78, 5) is 7.17. The highest BCUT2D eigenvalue weighted by Gasteiger charge is 2.16. The van der Waals surface area contributed by atoms with Gasteiger partial charge in [-0.3, -0.25) is 0 Å². The molecule has 0 amide bonds. The summed E-state index contributed by atoms with van der Waals surface area (Å²) in [6.45, 7) is 2.77. The van der Waals surface area contributed by atoms with Crippen LogP contribution < -0.4 is 9.64 Å². The number of nitrogens with zero attached hydrogens (tertiary/aromatic N) is 2. The Kier molecular flexibility index (Phi) is 4.87. The summed E-state index contributed by atoms with van der Waals surface area (Å²) in [6, 6.07) is 29.4. The molecule has 4 aromatic rings. The molecule has 0 atom stereocenters. The van der Waals surface area contributed by atoms with E-state index < -0.39 is 0 Å². The van der Waals surface area contributed by atoms with Crippen LogP contribution in [0.15, 0.2) is 84.9 Å². The third-order valence-electron chi connectivity index (χ3n) is 5.56. The zero-order valence-corrected chi connectivity index (χ0v) is 16.4. The lowest BCUT2D eigenvalue weighted by molar-refractivity contribution is 0.302. The average Bonchev–Trinajstić information content (AvgIpc) is 3.33. The van der Waals surface area contributed by atoms with Crippen molar-refractivity contribution in [1.29, 1.82) is 0 Å². The molecule has 0 unspecified atom stereocenters. The molecule has 3 aromatic carbocycles. The van der Waals surface area contributed by atoms with Gasteiger partial charge in [-0.05, 0) is 48.7 Å². The van der Waals surface area contributed by atoms with Crippen LogP contribution in [0.5, 0.6) is 5.75 Å². The Bertz CT molecular complexity index is 1110. The molecule has 2 heterocycles. The highest BCUT2D eigenvalue weighted by Crippen LogP contribution is 2.33. The van der Waals surface area contributed by atoms with E-state index >= 15 is 0 Å². The van der Waals surface area contributed by atoms with Crippen LogP contribution in [-0.4, -0.2) is 18.1 Å². The number of hydrogen-bond acceptors (Lipinski definition) is 3. The maximum absolute atomic E-state index is 5.99. The first-order chi connectivity index (χ1) is 14.4. The summed E-state index contributed by atoms with van der Waals surface area (Å²) < 4.78 is 5.99. The highest BCUT2D eigenvalue weighted by molar-refractivity contribution is 5.79. The molecule has 1 aromatic heterocycles. The molecule has 0 bridgehead atoms. The van der Waals surface area contributed by atoms with Crippen molar-refractivity contribution in [2.75, 3.05) is 18.0 Å². The van der Waals surface area contributed by atoms with Crippen molar-refractivity contribution in [3.05, 3.63) is 90.6 Å². The molecule has 0 aliphatic carbocycles. The lowest BCUT2D eigenvalue weighted by Gasteiger charge is -2.21. The van der Waals surface area contributed by atoms with E-state index in [0.717, 1.165) is 35.4 Å². The first-order valence-corrected chi connectivity index (χ1v) is 10.3. The second kappa shape index (κ2) is 7.96. The Morgan fingerprint density at radius 1 is 0.759 bits per heavy atom. The topological polar surface area (TPSA) is 25.4 Å². The van der Waals surface area contributed by atoms with Gasteiger partial charge in [-0.15, -0.1) is 0 Å². The minimum Gasteiger partial charge on any atom is -0.487 e. The van der Waals surface area contributed by atoms with E-state index in [4.69, 9.17) is 4.74 Å². The third-order valence-corrected chi connectivity index (χ3v) is 5.56. The maximum atomic E-state index is 5.99. The molecule has 5 rings (SSSR count). The van der Waals surface area contributed by atoms with Crippen LogP contribution in [-0.2, 0) is 6.61 Å². The highest BCUT2D eigenvalue weighted by atomic mass is 16.5. The van der Waals surface area contributed by atoms with Crippen LogP contribution in [0.3, 0.4) is 0 Å². The fraction of sp³-hybridized carbons (Fsp3) is 0.192. The van der Waals surface area contributed by atoms with Gasteiger partial charge in [0.15, 0.2) is 0 Å². The smallest absolute Gasteiger partial charge is 0.130 e.